The molecule has 2 heterocycles. The SMILES string of the molecule is Cn1nnc(-c2c[nH]n(-c3cccc(Br)c3)c2=S)n1. The molecule has 1 aromatic carbocycles. The van der Waals surface area contributed by atoms with Crippen LogP contribution < -0.4 is 0 Å². The van der Waals surface area contributed by atoms with Crippen LogP contribution >= 0.6 is 28.1 Å². The second-order valence-electron chi connectivity index (χ2n) is 3.91. The highest BCUT2D eigenvalue weighted by atomic mass is 79.9. The molecule has 0 unspecified atom stereocenters. The maximum absolute atomic E-state index is 5.44. The van der Waals surface area contributed by atoms with E-state index in [-0.39, 0.29) is 0 Å². The summed E-state index contributed by atoms with van der Waals surface area (Å²) in [5, 5.41) is 15.0. The predicted octanol–water partition coefficient (Wildman–Crippen LogP) is 2.49. The summed E-state index contributed by atoms with van der Waals surface area (Å²) < 4.78 is 3.40. The summed E-state index contributed by atoms with van der Waals surface area (Å²) in [6, 6.07) is 7.84. The number of H-pyrrole nitrogens is 1. The topological polar surface area (TPSA) is 64.3 Å². The molecular weight excluding hydrogens is 328 g/mol. The molecule has 0 amide bonds. The molecule has 0 atom stereocenters. The van der Waals surface area contributed by atoms with E-state index >= 15 is 0 Å². The third kappa shape index (κ3) is 2.24. The van der Waals surface area contributed by atoms with Crippen molar-refractivity contribution >= 4 is 28.1 Å². The number of nitrogens with zero attached hydrogens (tertiary/aromatic N) is 5. The molecule has 0 spiro atoms. The van der Waals surface area contributed by atoms with Gasteiger partial charge in [0, 0.05) is 10.7 Å². The van der Waals surface area contributed by atoms with E-state index < -0.39 is 0 Å². The standard InChI is InChI=1S/C11H9BrN6S/c1-17-15-10(14-16-17)9-6-13-18(11(9)19)8-4-2-3-7(12)5-8/h2-6,13H,1H3. The normalized spacial score (nSPS) is 10.8. The van der Waals surface area contributed by atoms with E-state index in [2.05, 4.69) is 36.4 Å². The summed E-state index contributed by atoms with van der Waals surface area (Å²) in [5.41, 5.74) is 1.69. The molecule has 1 N–H and O–H groups in total. The van der Waals surface area contributed by atoms with Crippen molar-refractivity contribution < 1.29 is 0 Å². The fourth-order valence-corrected chi connectivity index (χ4v) is 2.42. The Morgan fingerprint density at radius 3 is 2.89 bits per heavy atom. The molecule has 0 saturated heterocycles. The molecule has 19 heavy (non-hydrogen) atoms. The minimum Gasteiger partial charge on any atom is -0.299 e. The largest absolute Gasteiger partial charge is 0.299 e. The van der Waals surface area contributed by atoms with Gasteiger partial charge in [-0.05, 0) is 23.4 Å². The van der Waals surface area contributed by atoms with Crippen molar-refractivity contribution in [3.63, 3.8) is 0 Å². The lowest BCUT2D eigenvalue weighted by Crippen LogP contribution is -1.95. The number of halogens is 1. The highest BCUT2D eigenvalue weighted by Crippen LogP contribution is 2.20. The van der Waals surface area contributed by atoms with E-state index in [9.17, 15) is 0 Å². The van der Waals surface area contributed by atoms with Gasteiger partial charge < -0.3 is 0 Å². The zero-order valence-electron chi connectivity index (χ0n) is 9.91. The first-order valence-corrected chi connectivity index (χ1v) is 6.66. The Balaban J connectivity index is 2.11. The van der Waals surface area contributed by atoms with Crippen LogP contribution in [0.15, 0.2) is 34.9 Å². The first-order chi connectivity index (χ1) is 9.15. The van der Waals surface area contributed by atoms with Crippen LogP contribution in [0.3, 0.4) is 0 Å². The molecule has 3 rings (SSSR count). The third-order valence-electron chi connectivity index (χ3n) is 2.59. The number of benzene rings is 1. The number of aromatic nitrogens is 6. The summed E-state index contributed by atoms with van der Waals surface area (Å²) in [6.45, 7) is 0. The van der Waals surface area contributed by atoms with Gasteiger partial charge in [-0.3, -0.25) is 5.10 Å². The monoisotopic (exact) mass is 336 g/mol. The summed E-state index contributed by atoms with van der Waals surface area (Å²) in [7, 11) is 1.72. The van der Waals surface area contributed by atoms with Crippen molar-refractivity contribution in [2.24, 2.45) is 7.05 Å². The quantitative estimate of drug-likeness (QED) is 0.730. The number of hydrogen-bond donors (Lipinski definition) is 1. The molecule has 2 aromatic heterocycles. The molecule has 0 aliphatic heterocycles. The highest BCUT2D eigenvalue weighted by Gasteiger charge is 2.11. The Bertz CT molecular complexity index is 786. The first kappa shape index (κ1) is 12.2. The van der Waals surface area contributed by atoms with Crippen molar-refractivity contribution in [1.82, 2.24) is 30.0 Å². The fraction of sp³-hybridized carbons (Fsp3) is 0.0909. The van der Waals surface area contributed by atoms with E-state index in [4.69, 9.17) is 12.2 Å². The summed E-state index contributed by atoms with van der Waals surface area (Å²) in [5.74, 6) is 0.512. The fourth-order valence-electron chi connectivity index (χ4n) is 1.73. The molecule has 0 aliphatic rings. The van der Waals surface area contributed by atoms with Gasteiger partial charge in [0.15, 0.2) is 0 Å². The van der Waals surface area contributed by atoms with Crippen LogP contribution in [-0.2, 0) is 7.05 Å². The molecular formula is C11H9BrN6S. The molecule has 0 aliphatic carbocycles. The lowest BCUT2D eigenvalue weighted by Gasteiger charge is -2.02. The van der Waals surface area contributed by atoms with Crippen LogP contribution in [-0.4, -0.2) is 30.0 Å². The van der Waals surface area contributed by atoms with E-state index in [1.165, 1.54) is 4.80 Å². The summed E-state index contributed by atoms with van der Waals surface area (Å²) in [6.07, 6.45) is 1.78. The van der Waals surface area contributed by atoms with Gasteiger partial charge in [0.2, 0.25) is 5.82 Å². The summed E-state index contributed by atoms with van der Waals surface area (Å²) >= 11 is 8.88. The maximum atomic E-state index is 5.44. The van der Waals surface area contributed by atoms with Gasteiger partial charge in [0.1, 0.15) is 4.64 Å². The average Bonchev–Trinajstić information content (AvgIpc) is 2.95. The first-order valence-electron chi connectivity index (χ1n) is 5.46. The van der Waals surface area contributed by atoms with Gasteiger partial charge in [0.05, 0.1) is 18.3 Å². The van der Waals surface area contributed by atoms with Crippen LogP contribution in [0.5, 0.6) is 0 Å². The van der Waals surface area contributed by atoms with Gasteiger partial charge in [-0.2, -0.15) is 4.80 Å². The van der Waals surface area contributed by atoms with E-state index in [1.807, 2.05) is 24.3 Å². The van der Waals surface area contributed by atoms with E-state index in [0.717, 1.165) is 15.7 Å². The highest BCUT2D eigenvalue weighted by molar-refractivity contribution is 9.10. The minimum atomic E-state index is 0.512. The third-order valence-corrected chi connectivity index (χ3v) is 3.48. The zero-order chi connectivity index (χ0) is 13.4. The van der Waals surface area contributed by atoms with Crippen molar-refractivity contribution in [2.45, 2.75) is 0 Å². The molecule has 0 fully saturated rings. The number of rotatable bonds is 2. The lowest BCUT2D eigenvalue weighted by atomic mass is 10.3. The maximum Gasteiger partial charge on any atom is 0.209 e. The smallest absolute Gasteiger partial charge is 0.209 e. The second kappa shape index (κ2) is 4.71. The lowest BCUT2D eigenvalue weighted by molar-refractivity contribution is 0.630. The molecule has 3 aromatic rings. The second-order valence-corrected chi connectivity index (χ2v) is 5.21. The van der Waals surface area contributed by atoms with Gasteiger partial charge >= 0.3 is 0 Å². The van der Waals surface area contributed by atoms with Crippen molar-refractivity contribution in [2.75, 3.05) is 0 Å². The van der Waals surface area contributed by atoms with Crippen LogP contribution in [0.4, 0.5) is 0 Å². The van der Waals surface area contributed by atoms with Crippen molar-refractivity contribution in [3.8, 4) is 17.1 Å². The number of aromatic amines is 1. The minimum absolute atomic E-state index is 0.512. The van der Waals surface area contributed by atoms with Crippen LogP contribution in [0, 0.1) is 4.64 Å². The van der Waals surface area contributed by atoms with E-state index in [1.54, 1.807) is 17.9 Å². The number of nitrogens with one attached hydrogen (secondary N) is 1. The molecule has 0 radical (unpaired) electrons. The average molecular weight is 337 g/mol. The molecule has 0 bridgehead atoms. The Morgan fingerprint density at radius 1 is 1.37 bits per heavy atom. The molecule has 8 heteroatoms. The number of aryl methyl sites for hydroxylation is 1. The van der Waals surface area contributed by atoms with Crippen molar-refractivity contribution in [1.29, 1.82) is 0 Å². The Hall–Kier alpha value is -1.80. The van der Waals surface area contributed by atoms with Crippen LogP contribution in [0.2, 0.25) is 0 Å². The Labute approximate surface area is 122 Å². The molecule has 6 nitrogen and oxygen atoms in total. The van der Waals surface area contributed by atoms with Gasteiger partial charge in [-0.25, -0.2) is 4.68 Å². The summed E-state index contributed by atoms with van der Waals surface area (Å²) in [4.78, 5) is 1.40. The number of hydrogen-bond acceptors (Lipinski definition) is 4. The molecule has 0 saturated carbocycles. The number of tetrazole rings is 1. The predicted molar refractivity (Wildman–Crippen MR) is 76.4 cm³/mol. The van der Waals surface area contributed by atoms with Gasteiger partial charge in [0.25, 0.3) is 0 Å². The Morgan fingerprint density at radius 2 is 2.21 bits per heavy atom. The van der Waals surface area contributed by atoms with Crippen LogP contribution in [0.25, 0.3) is 17.1 Å². The zero-order valence-corrected chi connectivity index (χ0v) is 12.3. The van der Waals surface area contributed by atoms with Crippen LogP contribution in [0.1, 0.15) is 0 Å². The van der Waals surface area contributed by atoms with Crippen molar-refractivity contribution in [3.05, 3.63) is 39.6 Å². The van der Waals surface area contributed by atoms with E-state index in [0.29, 0.717) is 10.5 Å². The molecule has 96 valence electrons. The Kier molecular flexibility index (Phi) is 3.03. The van der Waals surface area contributed by atoms with Gasteiger partial charge in [-0.1, -0.05) is 34.2 Å². The van der Waals surface area contributed by atoms with Gasteiger partial charge in [-0.15, -0.1) is 10.2 Å².